The van der Waals surface area contributed by atoms with Crippen LogP contribution in [0.5, 0.6) is 0 Å². The van der Waals surface area contributed by atoms with Gasteiger partial charge in [-0.2, -0.15) is 4.68 Å². The molecule has 122 valence electrons. The molecular formula is C20H14BrN3O. The van der Waals surface area contributed by atoms with Gasteiger partial charge < -0.3 is 0 Å². The van der Waals surface area contributed by atoms with E-state index in [1.54, 1.807) is 4.57 Å². The number of nitrogens with zero attached hydrogens (tertiary/aromatic N) is 3. The molecule has 0 fully saturated rings. The summed E-state index contributed by atoms with van der Waals surface area (Å²) in [5.41, 5.74) is 2.16. The van der Waals surface area contributed by atoms with Crippen LogP contribution in [0.2, 0.25) is 0 Å². The molecule has 0 atom stereocenters. The monoisotopic (exact) mass is 391 g/mol. The molecule has 25 heavy (non-hydrogen) atoms. The van der Waals surface area contributed by atoms with E-state index in [9.17, 15) is 4.79 Å². The zero-order valence-corrected chi connectivity index (χ0v) is 14.8. The van der Waals surface area contributed by atoms with Gasteiger partial charge in [0.1, 0.15) is 0 Å². The van der Waals surface area contributed by atoms with Crippen LogP contribution in [0.15, 0.2) is 94.2 Å². The third-order valence-corrected chi connectivity index (χ3v) is 4.58. The number of para-hydroxylation sites is 2. The zero-order valence-electron chi connectivity index (χ0n) is 13.2. The number of halogens is 1. The number of aromatic nitrogens is 3. The quantitative estimate of drug-likeness (QED) is 0.517. The highest BCUT2D eigenvalue weighted by Gasteiger charge is 2.18. The third-order valence-electron chi connectivity index (χ3n) is 3.91. The van der Waals surface area contributed by atoms with E-state index >= 15 is 0 Å². The van der Waals surface area contributed by atoms with Gasteiger partial charge >= 0.3 is 5.69 Å². The van der Waals surface area contributed by atoms with Crippen LogP contribution < -0.4 is 5.69 Å². The first kappa shape index (κ1) is 15.6. The minimum absolute atomic E-state index is 0.211. The summed E-state index contributed by atoms with van der Waals surface area (Å²) in [6.07, 6.45) is 0. The summed E-state index contributed by atoms with van der Waals surface area (Å²) in [6, 6.07) is 26.8. The Morgan fingerprint density at radius 2 is 1.36 bits per heavy atom. The molecule has 0 unspecified atom stereocenters. The van der Waals surface area contributed by atoms with Crippen LogP contribution in [-0.2, 0) is 0 Å². The first-order valence-corrected chi connectivity index (χ1v) is 8.63. The second-order valence-corrected chi connectivity index (χ2v) is 6.36. The molecular weight excluding hydrogens is 378 g/mol. The molecule has 0 N–H and O–H groups in total. The van der Waals surface area contributed by atoms with Gasteiger partial charge in [0.2, 0.25) is 0 Å². The van der Waals surface area contributed by atoms with E-state index in [1.165, 1.54) is 4.68 Å². The molecule has 4 aromatic rings. The standard InChI is InChI=1S/C20H14BrN3O/c21-17-13-7-8-14-18(17)24-20(25)23(16-11-5-2-6-12-16)19(22-24)15-9-3-1-4-10-15/h1-14H. The topological polar surface area (TPSA) is 39.8 Å². The maximum absolute atomic E-state index is 13.2. The van der Waals surface area contributed by atoms with E-state index in [0.29, 0.717) is 11.5 Å². The zero-order chi connectivity index (χ0) is 17.2. The molecule has 0 aliphatic heterocycles. The van der Waals surface area contributed by atoms with Crippen LogP contribution in [0, 0.1) is 0 Å². The highest BCUT2D eigenvalue weighted by atomic mass is 79.9. The van der Waals surface area contributed by atoms with Crippen molar-refractivity contribution in [3.05, 3.63) is 99.9 Å². The van der Waals surface area contributed by atoms with E-state index in [-0.39, 0.29) is 5.69 Å². The van der Waals surface area contributed by atoms with Crippen LogP contribution in [0.25, 0.3) is 22.8 Å². The van der Waals surface area contributed by atoms with E-state index in [2.05, 4.69) is 21.0 Å². The Morgan fingerprint density at radius 1 is 0.760 bits per heavy atom. The molecule has 1 aromatic heterocycles. The average molecular weight is 392 g/mol. The number of hydrogen-bond donors (Lipinski definition) is 0. The first-order valence-electron chi connectivity index (χ1n) is 7.83. The van der Waals surface area contributed by atoms with E-state index in [4.69, 9.17) is 0 Å². The number of hydrogen-bond acceptors (Lipinski definition) is 2. The Labute approximate surface area is 153 Å². The van der Waals surface area contributed by atoms with Crippen LogP contribution in [0.4, 0.5) is 0 Å². The van der Waals surface area contributed by atoms with Gasteiger partial charge in [0.05, 0.1) is 11.4 Å². The largest absolute Gasteiger partial charge is 0.355 e. The van der Waals surface area contributed by atoms with Gasteiger partial charge in [-0.25, -0.2) is 9.36 Å². The van der Waals surface area contributed by atoms with Crippen LogP contribution in [-0.4, -0.2) is 14.3 Å². The van der Waals surface area contributed by atoms with Crippen molar-refractivity contribution >= 4 is 15.9 Å². The van der Waals surface area contributed by atoms with Crippen molar-refractivity contribution < 1.29 is 0 Å². The number of benzene rings is 3. The Kier molecular flexibility index (Phi) is 4.07. The third kappa shape index (κ3) is 2.83. The first-order chi connectivity index (χ1) is 12.3. The lowest BCUT2D eigenvalue weighted by Gasteiger charge is -2.05. The fourth-order valence-corrected chi connectivity index (χ4v) is 3.18. The lowest BCUT2D eigenvalue weighted by molar-refractivity contribution is 0.826. The lowest BCUT2D eigenvalue weighted by Crippen LogP contribution is -2.23. The predicted molar refractivity (Wildman–Crippen MR) is 102 cm³/mol. The van der Waals surface area contributed by atoms with Gasteiger partial charge in [0, 0.05) is 10.0 Å². The van der Waals surface area contributed by atoms with Crippen LogP contribution >= 0.6 is 15.9 Å². The van der Waals surface area contributed by atoms with Crippen LogP contribution in [0.1, 0.15) is 0 Å². The van der Waals surface area contributed by atoms with Crippen molar-refractivity contribution in [3.63, 3.8) is 0 Å². The second kappa shape index (κ2) is 6.53. The highest BCUT2D eigenvalue weighted by Crippen LogP contribution is 2.23. The SMILES string of the molecule is O=c1n(-c2ccccc2Br)nc(-c2ccccc2)n1-c1ccccc1. The van der Waals surface area contributed by atoms with Gasteiger partial charge in [0.15, 0.2) is 5.82 Å². The van der Waals surface area contributed by atoms with Gasteiger partial charge in [-0.15, -0.1) is 5.10 Å². The molecule has 0 spiro atoms. The fraction of sp³-hybridized carbons (Fsp3) is 0. The average Bonchev–Trinajstić information content (AvgIpc) is 3.01. The molecule has 4 nitrogen and oxygen atoms in total. The summed E-state index contributed by atoms with van der Waals surface area (Å²) < 4.78 is 3.88. The minimum atomic E-state index is -0.211. The summed E-state index contributed by atoms with van der Waals surface area (Å²) in [6.45, 7) is 0. The van der Waals surface area contributed by atoms with Gasteiger partial charge in [0.25, 0.3) is 0 Å². The summed E-state index contributed by atoms with van der Waals surface area (Å²) in [7, 11) is 0. The Bertz CT molecular complexity index is 1070. The smallest absolute Gasteiger partial charge is 0.245 e. The van der Waals surface area contributed by atoms with Crippen molar-refractivity contribution in [2.45, 2.75) is 0 Å². The Balaban J connectivity index is 2.03. The molecule has 0 bridgehead atoms. The van der Waals surface area contributed by atoms with E-state index in [1.807, 2.05) is 84.9 Å². The molecule has 4 rings (SSSR count). The van der Waals surface area contributed by atoms with E-state index < -0.39 is 0 Å². The van der Waals surface area contributed by atoms with Crippen molar-refractivity contribution in [2.24, 2.45) is 0 Å². The predicted octanol–water partition coefficient (Wildman–Crippen LogP) is 4.45. The molecule has 0 aliphatic rings. The summed E-state index contributed by atoms with van der Waals surface area (Å²) >= 11 is 3.50. The lowest BCUT2D eigenvalue weighted by atomic mass is 10.2. The van der Waals surface area contributed by atoms with Gasteiger partial charge in [-0.05, 0) is 40.2 Å². The van der Waals surface area contributed by atoms with Crippen LogP contribution in [0.3, 0.4) is 0 Å². The van der Waals surface area contributed by atoms with Crippen molar-refractivity contribution in [2.75, 3.05) is 0 Å². The maximum Gasteiger partial charge on any atom is 0.355 e. The molecule has 1 heterocycles. The Hall–Kier alpha value is -2.92. The molecule has 0 saturated carbocycles. The molecule has 3 aromatic carbocycles. The van der Waals surface area contributed by atoms with Crippen molar-refractivity contribution in [3.8, 4) is 22.8 Å². The summed E-state index contributed by atoms with van der Waals surface area (Å²) in [5, 5.41) is 4.62. The molecule has 0 amide bonds. The molecule has 0 aliphatic carbocycles. The van der Waals surface area contributed by atoms with Crippen molar-refractivity contribution in [1.82, 2.24) is 14.3 Å². The minimum Gasteiger partial charge on any atom is -0.245 e. The molecule has 0 saturated heterocycles. The maximum atomic E-state index is 13.2. The van der Waals surface area contributed by atoms with Crippen molar-refractivity contribution in [1.29, 1.82) is 0 Å². The summed E-state index contributed by atoms with van der Waals surface area (Å²) in [4.78, 5) is 13.2. The summed E-state index contributed by atoms with van der Waals surface area (Å²) in [5.74, 6) is 0.604. The molecule has 0 radical (unpaired) electrons. The fourth-order valence-electron chi connectivity index (χ4n) is 2.73. The number of rotatable bonds is 3. The normalized spacial score (nSPS) is 10.8. The second-order valence-electron chi connectivity index (χ2n) is 5.51. The van der Waals surface area contributed by atoms with Gasteiger partial charge in [-0.1, -0.05) is 60.7 Å². The highest BCUT2D eigenvalue weighted by molar-refractivity contribution is 9.10. The van der Waals surface area contributed by atoms with Gasteiger partial charge in [-0.3, -0.25) is 0 Å². The molecule has 5 heteroatoms. The van der Waals surface area contributed by atoms with E-state index in [0.717, 1.165) is 15.7 Å². The Morgan fingerprint density at radius 3 is 2.04 bits per heavy atom.